The van der Waals surface area contributed by atoms with Crippen LogP contribution in [-0.4, -0.2) is 65.5 Å². The summed E-state index contributed by atoms with van der Waals surface area (Å²) in [7, 11) is 1.87. The Labute approximate surface area is 157 Å². The lowest BCUT2D eigenvalue weighted by Gasteiger charge is -2.21. The van der Waals surface area contributed by atoms with E-state index in [0.29, 0.717) is 5.92 Å². The molecule has 1 fully saturated rings. The SMILES string of the molecule is CCOCC1CCN(C(=NC)NCCCc2nnc3n2CCCCC3)C1. The van der Waals surface area contributed by atoms with Gasteiger partial charge in [0, 0.05) is 58.6 Å². The number of nitrogens with one attached hydrogen (secondary N) is 1. The van der Waals surface area contributed by atoms with E-state index in [9.17, 15) is 0 Å². The van der Waals surface area contributed by atoms with Gasteiger partial charge in [-0.1, -0.05) is 6.42 Å². The molecule has 2 aliphatic heterocycles. The molecule has 1 saturated heterocycles. The Morgan fingerprint density at radius 2 is 2.19 bits per heavy atom. The maximum atomic E-state index is 5.57. The monoisotopic (exact) mass is 362 g/mol. The van der Waals surface area contributed by atoms with Crippen LogP contribution in [-0.2, 0) is 24.1 Å². The lowest BCUT2D eigenvalue weighted by atomic mass is 10.1. The summed E-state index contributed by atoms with van der Waals surface area (Å²) in [6.07, 6.45) is 8.09. The van der Waals surface area contributed by atoms with Gasteiger partial charge in [0.1, 0.15) is 11.6 Å². The van der Waals surface area contributed by atoms with Crippen LogP contribution in [0.25, 0.3) is 0 Å². The minimum absolute atomic E-state index is 0.625. The van der Waals surface area contributed by atoms with Crippen LogP contribution in [0, 0.1) is 5.92 Å². The molecule has 3 heterocycles. The van der Waals surface area contributed by atoms with Crippen molar-refractivity contribution >= 4 is 5.96 Å². The molecule has 1 unspecified atom stereocenters. The highest BCUT2D eigenvalue weighted by atomic mass is 16.5. The zero-order valence-corrected chi connectivity index (χ0v) is 16.4. The van der Waals surface area contributed by atoms with Gasteiger partial charge in [0.25, 0.3) is 0 Å². The number of hydrogen-bond acceptors (Lipinski definition) is 4. The van der Waals surface area contributed by atoms with Gasteiger partial charge in [0.2, 0.25) is 0 Å². The Hall–Kier alpha value is -1.63. The van der Waals surface area contributed by atoms with Crippen molar-refractivity contribution in [1.29, 1.82) is 0 Å². The van der Waals surface area contributed by atoms with Crippen LogP contribution >= 0.6 is 0 Å². The molecule has 0 aliphatic carbocycles. The molecular weight excluding hydrogens is 328 g/mol. The molecule has 26 heavy (non-hydrogen) atoms. The minimum atomic E-state index is 0.625. The highest BCUT2D eigenvalue weighted by Crippen LogP contribution is 2.17. The van der Waals surface area contributed by atoms with Crippen molar-refractivity contribution < 1.29 is 4.74 Å². The van der Waals surface area contributed by atoms with Crippen LogP contribution in [0.4, 0.5) is 0 Å². The maximum absolute atomic E-state index is 5.57. The number of aromatic nitrogens is 3. The van der Waals surface area contributed by atoms with E-state index in [1.807, 2.05) is 7.05 Å². The van der Waals surface area contributed by atoms with Gasteiger partial charge < -0.3 is 19.5 Å². The molecule has 0 spiro atoms. The first-order valence-corrected chi connectivity index (χ1v) is 10.3. The molecule has 1 atom stereocenters. The van der Waals surface area contributed by atoms with Crippen molar-refractivity contribution in [2.45, 2.75) is 58.4 Å². The predicted octanol–water partition coefficient (Wildman–Crippen LogP) is 1.87. The predicted molar refractivity (Wildman–Crippen MR) is 103 cm³/mol. The van der Waals surface area contributed by atoms with E-state index < -0.39 is 0 Å². The third-order valence-electron chi connectivity index (χ3n) is 5.40. The quantitative estimate of drug-likeness (QED) is 0.456. The van der Waals surface area contributed by atoms with E-state index in [-0.39, 0.29) is 0 Å². The van der Waals surface area contributed by atoms with Gasteiger partial charge in [-0.3, -0.25) is 4.99 Å². The van der Waals surface area contributed by atoms with E-state index in [1.165, 1.54) is 31.5 Å². The van der Waals surface area contributed by atoms with Gasteiger partial charge >= 0.3 is 0 Å². The number of likely N-dealkylation sites (tertiary alicyclic amines) is 1. The molecule has 146 valence electrons. The Bertz CT molecular complexity index is 585. The first-order valence-electron chi connectivity index (χ1n) is 10.3. The fraction of sp³-hybridized carbons (Fsp3) is 0.842. The average molecular weight is 363 g/mol. The summed E-state index contributed by atoms with van der Waals surface area (Å²) in [5.41, 5.74) is 0. The van der Waals surface area contributed by atoms with Crippen molar-refractivity contribution in [3.05, 3.63) is 11.6 Å². The van der Waals surface area contributed by atoms with Crippen LogP contribution < -0.4 is 5.32 Å². The highest BCUT2D eigenvalue weighted by molar-refractivity contribution is 5.80. The lowest BCUT2D eigenvalue weighted by Crippen LogP contribution is -2.40. The number of rotatable bonds is 7. The van der Waals surface area contributed by atoms with Crippen LogP contribution in [0.5, 0.6) is 0 Å². The summed E-state index contributed by atoms with van der Waals surface area (Å²) < 4.78 is 7.92. The molecule has 7 nitrogen and oxygen atoms in total. The number of nitrogens with zero attached hydrogens (tertiary/aromatic N) is 5. The van der Waals surface area contributed by atoms with E-state index in [1.54, 1.807) is 0 Å². The number of aryl methyl sites for hydroxylation is 2. The van der Waals surface area contributed by atoms with Crippen molar-refractivity contribution in [3.8, 4) is 0 Å². The average Bonchev–Trinajstić information content (AvgIpc) is 3.21. The molecular formula is C19H34N6O. The minimum Gasteiger partial charge on any atom is -0.381 e. The van der Waals surface area contributed by atoms with Crippen LogP contribution in [0.15, 0.2) is 4.99 Å². The largest absolute Gasteiger partial charge is 0.381 e. The highest BCUT2D eigenvalue weighted by Gasteiger charge is 2.24. The number of aliphatic imine (C=N–C) groups is 1. The summed E-state index contributed by atoms with van der Waals surface area (Å²) >= 11 is 0. The van der Waals surface area contributed by atoms with Crippen LogP contribution in [0.3, 0.4) is 0 Å². The number of hydrogen-bond donors (Lipinski definition) is 1. The Balaban J connectivity index is 1.41. The van der Waals surface area contributed by atoms with Crippen LogP contribution in [0.1, 0.15) is 50.7 Å². The standard InChI is InChI=1S/C19H34N6O/c1-3-26-15-16-10-13-24(14-16)19(20-2)21-11-7-9-18-23-22-17-8-5-4-6-12-25(17)18/h16H,3-15H2,1-2H3,(H,20,21). The molecule has 0 saturated carbocycles. The molecule has 7 heteroatoms. The lowest BCUT2D eigenvalue weighted by molar-refractivity contribution is 0.114. The van der Waals surface area contributed by atoms with Gasteiger partial charge in [-0.25, -0.2) is 0 Å². The number of ether oxygens (including phenoxy) is 1. The van der Waals surface area contributed by atoms with Crippen LogP contribution in [0.2, 0.25) is 0 Å². The third-order valence-corrected chi connectivity index (χ3v) is 5.40. The number of guanidine groups is 1. The van der Waals surface area contributed by atoms with Crippen molar-refractivity contribution in [3.63, 3.8) is 0 Å². The second kappa shape index (κ2) is 9.90. The summed E-state index contributed by atoms with van der Waals surface area (Å²) in [4.78, 5) is 6.81. The maximum Gasteiger partial charge on any atom is 0.193 e. The fourth-order valence-electron chi connectivity index (χ4n) is 3.95. The first kappa shape index (κ1) is 19.1. The van der Waals surface area contributed by atoms with Crippen molar-refractivity contribution in [2.24, 2.45) is 10.9 Å². The van der Waals surface area contributed by atoms with Gasteiger partial charge in [-0.15, -0.1) is 10.2 Å². The summed E-state index contributed by atoms with van der Waals surface area (Å²) in [6, 6.07) is 0. The molecule has 1 aromatic heterocycles. The second-order valence-electron chi connectivity index (χ2n) is 7.33. The molecule has 0 amide bonds. The zero-order valence-electron chi connectivity index (χ0n) is 16.4. The van der Waals surface area contributed by atoms with Gasteiger partial charge in [0.15, 0.2) is 5.96 Å². The van der Waals surface area contributed by atoms with Gasteiger partial charge in [-0.2, -0.15) is 0 Å². The summed E-state index contributed by atoms with van der Waals surface area (Å²) in [5, 5.41) is 12.3. The topological polar surface area (TPSA) is 67.6 Å². The molecule has 0 radical (unpaired) electrons. The second-order valence-corrected chi connectivity index (χ2v) is 7.33. The van der Waals surface area contributed by atoms with Gasteiger partial charge in [-0.05, 0) is 32.6 Å². The molecule has 1 N–H and O–H groups in total. The molecule has 0 aromatic carbocycles. The first-order chi connectivity index (χ1) is 12.8. The fourth-order valence-corrected chi connectivity index (χ4v) is 3.95. The molecule has 1 aromatic rings. The van der Waals surface area contributed by atoms with E-state index in [0.717, 1.165) is 70.4 Å². The summed E-state index contributed by atoms with van der Waals surface area (Å²) in [6.45, 7) is 7.83. The van der Waals surface area contributed by atoms with Crippen molar-refractivity contribution in [2.75, 3.05) is 39.9 Å². The normalized spacial score (nSPS) is 20.9. The number of fused-ring (bicyclic) bond motifs is 1. The molecule has 2 aliphatic rings. The Kier molecular flexibility index (Phi) is 7.29. The van der Waals surface area contributed by atoms with E-state index in [4.69, 9.17) is 4.74 Å². The van der Waals surface area contributed by atoms with E-state index >= 15 is 0 Å². The third kappa shape index (κ3) is 4.96. The molecule has 3 rings (SSSR count). The Morgan fingerprint density at radius 3 is 3.04 bits per heavy atom. The Morgan fingerprint density at radius 1 is 1.27 bits per heavy atom. The molecule has 0 bridgehead atoms. The van der Waals surface area contributed by atoms with Gasteiger partial charge in [0.05, 0.1) is 6.61 Å². The van der Waals surface area contributed by atoms with Crippen molar-refractivity contribution in [1.82, 2.24) is 25.0 Å². The summed E-state index contributed by atoms with van der Waals surface area (Å²) in [5.74, 6) is 3.97. The smallest absolute Gasteiger partial charge is 0.193 e. The zero-order chi connectivity index (χ0) is 18.2. The van der Waals surface area contributed by atoms with E-state index in [2.05, 4.69) is 36.9 Å².